The number of benzene rings is 1. The van der Waals surface area contributed by atoms with E-state index in [0.29, 0.717) is 19.4 Å². The molecule has 0 aliphatic rings. The molecule has 0 unspecified atom stereocenters. The molecule has 0 fully saturated rings. The molecule has 0 heterocycles. The predicted molar refractivity (Wildman–Crippen MR) is 102 cm³/mol. The molecular weight excluding hydrogens is 330 g/mol. The van der Waals surface area contributed by atoms with Gasteiger partial charge in [0.25, 0.3) is 0 Å². The van der Waals surface area contributed by atoms with E-state index >= 15 is 0 Å². The summed E-state index contributed by atoms with van der Waals surface area (Å²) >= 11 is 0. The minimum Gasteiger partial charge on any atom is -0.370 e. The summed E-state index contributed by atoms with van der Waals surface area (Å²) in [6.07, 6.45) is 6.03. The number of nitrogens with one attached hydrogen (secondary N) is 2. The lowest BCUT2D eigenvalue weighted by Crippen LogP contribution is -2.48. The van der Waals surface area contributed by atoms with Gasteiger partial charge in [0, 0.05) is 13.0 Å². The molecule has 6 nitrogen and oxygen atoms in total. The summed E-state index contributed by atoms with van der Waals surface area (Å²) in [6, 6.07) is 8.86. The third-order valence-corrected chi connectivity index (χ3v) is 4.12. The van der Waals surface area contributed by atoms with Crippen molar-refractivity contribution in [3.8, 4) is 0 Å². The van der Waals surface area contributed by atoms with Gasteiger partial charge in [-0.3, -0.25) is 14.4 Å². The number of hydrogen-bond donors (Lipinski definition) is 3. The second kappa shape index (κ2) is 12.9. The van der Waals surface area contributed by atoms with E-state index in [9.17, 15) is 14.4 Å². The van der Waals surface area contributed by atoms with E-state index in [1.165, 1.54) is 0 Å². The Balaban J connectivity index is 2.39. The zero-order chi connectivity index (χ0) is 19.2. The van der Waals surface area contributed by atoms with Crippen molar-refractivity contribution < 1.29 is 14.4 Å². The maximum absolute atomic E-state index is 12.3. The van der Waals surface area contributed by atoms with Gasteiger partial charge >= 0.3 is 0 Å². The fraction of sp³-hybridized carbons (Fsp3) is 0.550. The predicted octanol–water partition coefficient (Wildman–Crippen LogP) is 2.07. The minimum atomic E-state index is -0.911. The molecule has 0 saturated carbocycles. The average molecular weight is 361 g/mol. The van der Waals surface area contributed by atoms with Crippen molar-refractivity contribution in [1.82, 2.24) is 10.6 Å². The second-order valence-corrected chi connectivity index (χ2v) is 6.48. The fourth-order valence-corrected chi connectivity index (χ4v) is 2.66. The zero-order valence-electron chi connectivity index (χ0n) is 15.6. The van der Waals surface area contributed by atoms with Crippen LogP contribution in [-0.4, -0.2) is 30.3 Å². The second-order valence-electron chi connectivity index (χ2n) is 6.48. The van der Waals surface area contributed by atoms with E-state index in [-0.39, 0.29) is 18.2 Å². The minimum absolute atomic E-state index is 0.196. The molecule has 0 aliphatic carbocycles. The maximum atomic E-state index is 12.3. The largest absolute Gasteiger partial charge is 0.370 e. The number of rotatable bonds is 13. The summed E-state index contributed by atoms with van der Waals surface area (Å²) in [5.41, 5.74) is 6.32. The van der Waals surface area contributed by atoms with Crippen LogP contribution >= 0.6 is 0 Å². The van der Waals surface area contributed by atoms with Gasteiger partial charge in [0.1, 0.15) is 6.04 Å². The molecule has 0 spiro atoms. The topological polar surface area (TPSA) is 101 Å². The molecule has 0 saturated heterocycles. The Morgan fingerprint density at radius 2 is 1.73 bits per heavy atom. The van der Waals surface area contributed by atoms with Crippen molar-refractivity contribution in [3.63, 3.8) is 0 Å². The number of carbonyl (C=O) groups excluding carboxylic acids is 3. The standard InChI is InChI=1S/C20H31N3O3/c1-2-3-4-5-9-12-19(25)23-17(15-18(21)24)20(26)22-14-13-16-10-7-6-8-11-16/h6-8,10-11,17H,2-5,9,12-15H2,1H3,(H2,21,24)(H,22,26)(H,23,25)/t17-/m1/s1. The van der Waals surface area contributed by atoms with Crippen molar-refractivity contribution in [2.75, 3.05) is 6.54 Å². The highest BCUT2D eigenvalue weighted by atomic mass is 16.2. The van der Waals surface area contributed by atoms with Gasteiger partial charge < -0.3 is 16.4 Å². The lowest BCUT2D eigenvalue weighted by atomic mass is 10.1. The first-order valence-corrected chi connectivity index (χ1v) is 9.42. The van der Waals surface area contributed by atoms with Crippen LogP contribution in [0, 0.1) is 0 Å². The van der Waals surface area contributed by atoms with Crippen LogP contribution in [0.4, 0.5) is 0 Å². The highest BCUT2D eigenvalue weighted by molar-refractivity contribution is 5.91. The zero-order valence-corrected chi connectivity index (χ0v) is 15.6. The van der Waals surface area contributed by atoms with Crippen LogP contribution in [0.5, 0.6) is 0 Å². The maximum Gasteiger partial charge on any atom is 0.243 e. The first-order chi connectivity index (χ1) is 12.5. The third-order valence-electron chi connectivity index (χ3n) is 4.12. The van der Waals surface area contributed by atoms with Crippen LogP contribution in [0.3, 0.4) is 0 Å². The highest BCUT2D eigenvalue weighted by Crippen LogP contribution is 2.05. The van der Waals surface area contributed by atoms with E-state index in [1.54, 1.807) is 0 Å². The van der Waals surface area contributed by atoms with Gasteiger partial charge in [-0.05, 0) is 18.4 Å². The lowest BCUT2D eigenvalue weighted by molar-refractivity contribution is -0.131. The highest BCUT2D eigenvalue weighted by Gasteiger charge is 2.22. The molecule has 1 aromatic carbocycles. The number of primary amides is 1. The molecule has 0 bridgehead atoms. The summed E-state index contributed by atoms with van der Waals surface area (Å²) in [4.78, 5) is 35.5. The number of hydrogen-bond acceptors (Lipinski definition) is 3. The molecule has 1 aromatic rings. The average Bonchev–Trinajstić information content (AvgIpc) is 2.61. The molecule has 0 aromatic heterocycles. The van der Waals surface area contributed by atoms with E-state index in [1.807, 2.05) is 30.3 Å². The first kappa shape index (κ1) is 21.7. The van der Waals surface area contributed by atoms with Crippen molar-refractivity contribution in [3.05, 3.63) is 35.9 Å². The van der Waals surface area contributed by atoms with Crippen molar-refractivity contribution in [2.24, 2.45) is 5.73 Å². The Bertz CT molecular complexity index is 561. The van der Waals surface area contributed by atoms with Crippen molar-refractivity contribution >= 4 is 17.7 Å². The molecular formula is C20H31N3O3. The number of carbonyl (C=O) groups is 3. The number of amides is 3. The van der Waals surface area contributed by atoms with Gasteiger partial charge in [0.15, 0.2) is 0 Å². The molecule has 26 heavy (non-hydrogen) atoms. The van der Waals surface area contributed by atoms with Crippen LogP contribution < -0.4 is 16.4 Å². The van der Waals surface area contributed by atoms with Gasteiger partial charge in [0.2, 0.25) is 17.7 Å². The van der Waals surface area contributed by atoms with E-state index in [2.05, 4.69) is 17.6 Å². The lowest BCUT2D eigenvalue weighted by Gasteiger charge is -2.17. The van der Waals surface area contributed by atoms with Crippen LogP contribution in [0.15, 0.2) is 30.3 Å². The van der Waals surface area contributed by atoms with Gasteiger partial charge in [-0.25, -0.2) is 0 Å². The number of nitrogens with two attached hydrogens (primary N) is 1. The summed E-state index contributed by atoms with van der Waals surface area (Å²) in [5.74, 6) is -1.21. The molecule has 1 atom stereocenters. The number of unbranched alkanes of at least 4 members (excludes halogenated alkanes) is 4. The quantitative estimate of drug-likeness (QED) is 0.469. The van der Waals surface area contributed by atoms with Crippen LogP contribution in [0.1, 0.15) is 57.4 Å². The van der Waals surface area contributed by atoms with Gasteiger partial charge in [-0.1, -0.05) is 62.9 Å². The Labute approximate surface area is 155 Å². The van der Waals surface area contributed by atoms with Gasteiger partial charge in [0.05, 0.1) is 6.42 Å². The molecule has 6 heteroatoms. The summed E-state index contributed by atoms with van der Waals surface area (Å²) < 4.78 is 0. The Morgan fingerprint density at radius 1 is 1.04 bits per heavy atom. The first-order valence-electron chi connectivity index (χ1n) is 9.42. The normalized spacial score (nSPS) is 11.6. The fourth-order valence-electron chi connectivity index (χ4n) is 2.66. The monoisotopic (exact) mass is 361 g/mol. The molecule has 0 radical (unpaired) electrons. The third kappa shape index (κ3) is 9.81. The summed E-state index contributed by atoms with van der Waals surface area (Å²) in [7, 11) is 0. The van der Waals surface area contributed by atoms with E-state index in [0.717, 1.165) is 37.7 Å². The molecule has 144 valence electrons. The molecule has 3 amide bonds. The molecule has 1 rings (SSSR count). The van der Waals surface area contributed by atoms with Crippen LogP contribution in [0.2, 0.25) is 0 Å². The summed E-state index contributed by atoms with van der Waals surface area (Å²) in [6.45, 7) is 2.57. The van der Waals surface area contributed by atoms with E-state index in [4.69, 9.17) is 5.73 Å². The summed E-state index contributed by atoms with van der Waals surface area (Å²) in [5, 5.41) is 5.40. The Morgan fingerprint density at radius 3 is 2.38 bits per heavy atom. The molecule has 0 aliphatic heterocycles. The van der Waals surface area contributed by atoms with Crippen molar-refractivity contribution in [1.29, 1.82) is 0 Å². The Kier molecular flexibility index (Phi) is 10.8. The smallest absolute Gasteiger partial charge is 0.243 e. The molecule has 4 N–H and O–H groups in total. The van der Waals surface area contributed by atoms with Crippen LogP contribution in [-0.2, 0) is 20.8 Å². The van der Waals surface area contributed by atoms with E-state index < -0.39 is 11.9 Å². The van der Waals surface area contributed by atoms with Gasteiger partial charge in [-0.2, -0.15) is 0 Å². The van der Waals surface area contributed by atoms with Crippen LogP contribution in [0.25, 0.3) is 0 Å². The van der Waals surface area contributed by atoms with Gasteiger partial charge in [-0.15, -0.1) is 0 Å². The Hall–Kier alpha value is -2.37. The SMILES string of the molecule is CCCCCCCC(=O)N[C@H](CC(N)=O)C(=O)NCCc1ccccc1. The van der Waals surface area contributed by atoms with Crippen molar-refractivity contribution in [2.45, 2.75) is 64.3 Å².